The van der Waals surface area contributed by atoms with Gasteiger partial charge in [-0.1, -0.05) is 41.0 Å². The Bertz CT molecular complexity index is 629. The second kappa shape index (κ2) is 7.30. The van der Waals surface area contributed by atoms with E-state index in [1.165, 1.54) is 11.8 Å². The smallest absolute Gasteiger partial charge is 0.282 e. The van der Waals surface area contributed by atoms with Crippen LogP contribution in [0.1, 0.15) is 11.7 Å². The molecule has 2 saturated heterocycles. The van der Waals surface area contributed by atoms with Gasteiger partial charge in [0.15, 0.2) is 0 Å². The Labute approximate surface area is 148 Å². The summed E-state index contributed by atoms with van der Waals surface area (Å²) in [5, 5.41) is 0.938. The number of ether oxygens (including phenoxy) is 1. The standard InChI is InChI=1S/C15H16Cl2N2O3S/c16-11-2-1-10(7-12(11)17)13-8-18(3-5-22-13)14(20)9-19-4-6-23-15(19)21/h1-2,7,13H,3-6,8-9H2. The summed E-state index contributed by atoms with van der Waals surface area (Å²) in [6, 6.07) is 5.35. The second-order valence-electron chi connectivity index (χ2n) is 5.41. The van der Waals surface area contributed by atoms with Crippen molar-refractivity contribution < 1.29 is 14.3 Å². The van der Waals surface area contributed by atoms with Crippen molar-refractivity contribution in [2.45, 2.75) is 6.10 Å². The molecule has 1 atom stereocenters. The van der Waals surface area contributed by atoms with E-state index in [0.29, 0.717) is 36.3 Å². The molecule has 124 valence electrons. The second-order valence-corrected chi connectivity index (χ2v) is 7.27. The molecule has 2 amide bonds. The molecule has 1 unspecified atom stereocenters. The molecule has 2 fully saturated rings. The Morgan fingerprint density at radius 1 is 1.30 bits per heavy atom. The van der Waals surface area contributed by atoms with E-state index >= 15 is 0 Å². The average molecular weight is 375 g/mol. The highest BCUT2D eigenvalue weighted by Crippen LogP contribution is 2.29. The van der Waals surface area contributed by atoms with E-state index < -0.39 is 0 Å². The minimum absolute atomic E-state index is 0.0207. The average Bonchev–Trinajstić information content (AvgIpc) is 2.95. The van der Waals surface area contributed by atoms with E-state index in [4.69, 9.17) is 27.9 Å². The van der Waals surface area contributed by atoms with Gasteiger partial charge < -0.3 is 14.5 Å². The van der Waals surface area contributed by atoms with Crippen LogP contribution in [-0.2, 0) is 9.53 Å². The molecule has 1 aromatic rings. The molecule has 23 heavy (non-hydrogen) atoms. The van der Waals surface area contributed by atoms with Crippen molar-refractivity contribution in [3.63, 3.8) is 0 Å². The summed E-state index contributed by atoms with van der Waals surface area (Å²) in [5.74, 6) is 0.704. The minimum Gasteiger partial charge on any atom is -0.370 e. The van der Waals surface area contributed by atoms with Crippen LogP contribution in [0.2, 0.25) is 10.0 Å². The number of hydrogen-bond donors (Lipinski definition) is 0. The first-order valence-electron chi connectivity index (χ1n) is 7.30. The molecule has 0 spiro atoms. The minimum atomic E-state index is -0.230. The van der Waals surface area contributed by atoms with Gasteiger partial charge in [-0.3, -0.25) is 9.59 Å². The first kappa shape index (κ1) is 16.9. The fraction of sp³-hybridized carbons (Fsp3) is 0.467. The van der Waals surface area contributed by atoms with Crippen molar-refractivity contribution in [3.8, 4) is 0 Å². The summed E-state index contributed by atoms with van der Waals surface area (Å²) in [5.41, 5.74) is 0.893. The van der Waals surface area contributed by atoms with Crippen molar-refractivity contribution in [2.24, 2.45) is 0 Å². The van der Waals surface area contributed by atoms with E-state index in [2.05, 4.69) is 0 Å². The Morgan fingerprint density at radius 3 is 2.83 bits per heavy atom. The Hall–Kier alpha value is -0.950. The monoisotopic (exact) mass is 374 g/mol. The van der Waals surface area contributed by atoms with Crippen LogP contribution in [0.3, 0.4) is 0 Å². The number of carbonyl (C=O) groups is 2. The molecule has 3 rings (SSSR count). The summed E-state index contributed by atoms with van der Waals surface area (Å²) in [7, 11) is 0. The normalized spacial score (nSPS) is 21.8. The van der Waals surface area contributed by atoms with Crippen LogP contribution >= 0.6 is 35.0 Å². The number of benzene rings is 1. The summed E-state index contributed by atoms with van der Waals surface area (Å²) < 4.78 is 5.75. The van der Waals surface area contributed by atoms with Gasteiger partial charge in [0.2, 0.25) is 5.91 Å². The van der Waals surface area contributed by atoms with Crippen LogP contribution in [0, 0.1) is 0 Å². The number of nitrogens with zero attached hydrogens (tertiary/aromatic N) is 2. The molecule has 2 aliphatic rings. The van der Waals surface area contributed by atoms with Crippen LogP contribution in [0.4, 0.5) is 4.79 Å². The molecular formula is C15H16Cl2N2O3S. The van der Waals surface area contributed by atoms with Crippen molar-refractivity contribution in [1.29, 1.82) is 0 Å². The topological polar surface area (TPSA) is 49.9 Å². The molecule has 1 aromatic carbocycles. The number of halogens is 2. The molecule has 0 aromatic heterocycles. The van der Waals surface area contributed by atoms with Gasteiger partial charge in [0, 0.05) is 18.8 Å². The zero-order valence-electron chi connectivity index (χ0n) is 12.3. The lowest BCUT2D eigenvalue weighted by Gasteiger charge is -2.34. The first-order chi connectivity index (χ1) is 11.0. The molecular weight excluding hydrogens is 359 g/mol. The SMILES string of the molecule is O=C(CN1CCSC1=O)N1CCOC(c2ccc(Cl)c(Cl)c2)C1. The Balaban J connectivity index is 1.64. The molecule has 0 saturated carbocycles. The largest absolute Gasteiger partial charge is 0.370 e. The third-order valence-electron chi connectivity index (χ3n) is 3.91. The molecule has 0 aliphatic carbocycles. The molecule has 0 radical (unpaired) electrons. The summed E-state index contributed by atoms with van der Waals surface area (Å²) in [4.78, 5) is 27.4. The van der Waals surface area contributed by atoms with Crippen molar-refractivity contribution in [2.75, 3.05) is 38.5 Å². The van der Waals surface area contributed by atoms with Gasteiger partial charge in [0.05, 0.1) is 23.2 Å². The van der Waals surface area contributed by atoms with E-state index in [-0.39, 0.29) is 23.8 Å². The fourth-order valence-corrected chi connectivity index (χ4v) is 3.75. The van der Waals surface area contributed by atoms with Gasteiger partial charge in [-0.15, -0.1) is 0 Å². The molecule has 2 heterocycles. The van der Waals surface area contributed by atoms with Crippen LogP contribution in [-0.4, -0.2) is 59.5 Å². The van der Waals surface area contributed by atoms with Crippen molar-refractivity contribution in [1.82, 2.24) is 9.80 Å². The highest BCUT2D eigenvalue weighted by Gasteiger charge is 2.29. The zero-order valence-corrected chi connectivity index (χ0v) is 14.7. The van der Waals surface area contributed by atoms with Gasteiger partial charge >= 0.3 is 0 Å². The van der Waals surface area contributed by atoms with Crippen LogP contribution in [0.15, 0.2) is 18.2 Å². The van der Waals surface area contributed by atoms with Crippen LogP contribution < -0.4 is 0 Å². The third kappa shape index (κ3) is 3.94. The number of morpholine rings is 1. The van der Waals surface area contributed by atoms with Crippen molar-refractivity contribution >= 4 is 46.1 Å². The van der Waals surface area contributed by atoms with E-state index in [1.54, 1.807) is 21.9 Å². The predicted molar refractivity (Wildman–Crippen MR) is 91.2 cm³/mol. The Morgan fingerprint density at radius 2 is 2.13 bits per heavy atom. The predicted octanol–water partition coefficient (Wildman–Crippen LogP) is 3.06. The molecule has 8 heteroatoms. The fourth-order valence-electron chi connectivity index (χ4n) is 2.62. The third-order valence-corrected chi connectivity index (χ3v) is 5.54. The maximum Gasteiger partial charge on any atom is 0.282 e. The maximum atomic E-state index is 12.4. The zero-order chi connectivity index (χ0) is 16.4. The molecule has 0 bridgehead atoms. The van der Waals surface area contributed by atoms with Gasteiger partial charge in [0.25, 0.3) is 5.24 Å². The lowest BCUT2D eigenvalue weighted by Crippen LogP contribution is -2.46. The number of amides is 2. The molecule has 0 N–H and O–H groups in total. The van der Waals surface area contributed by atoms with Gasteiger partial charge in [-0.2, -0.15) is 0 Å². The number of hydrogen-bond acceptors (Lipinski definition) is 4. The van der Waals surface area contributed by atoms with E-state index in [1.807, 2.05) is 6.07 Å². The lowest BCUT2D eigenvalue weighted by atomic mass is 10.1. The number of thioether (sulfide) groups is 1. The summed E-state index contributed by atoms with van der Waals surface area (Å²) >= 11 is 13.2. The maximum absolute atomic E-state index is 12.4. The molecule has 5 nitrogen and oxygen atoms in total. The van der Waals surface area contributed by atoms with Gasteiger partial charge in [-0.05, 0) is 17.7 Å². The summed E-state index contributed by atoms with van der Waals surface area (Å²) in [6.45, 7) is 2.22. The Kier molecular flexibility index (Phi) is 5.36. The van der Waals surface area contributed by atoms with E-state index in [0.717, 1.165) is 11.3 Å². The van der Waals surface area contributed by atoms with Crippen LogP contribution in [0.25, 0.3) is 0 Å². The quantitative estimate of drug-likeness (QED) is 0.815. The van der Waals surface area contributed by atoms with Gasteiger partial charge in [0.1, 0.15) is 12.6 Å². The van der Waals surface area contributed by atoms with Crippen molar-refractivity contribution in [3.05, 3.63) is 33.8 Å². The first-order valence-corrected chi connectivity index (χ1v) is 9.05. The number of rotatable bonds is 3. The number of carbonyl (C=O) groups excluding carboxylic acids is 2. The van der Waals surface area contributed by atoms with Crippen LogP contribution in [0.5, 0.6) is 0 Å². The van der Waals surface area contributed by atoms with Gasteiger partial charge in [-0.25, -0.2) is 0 Å². The van der Waals surface area contributed by atoms with E-state index in [9.17, 15) is 9.59 Å². The summed E-state index contributed by atoms with van der Waals surface area (Å²) in [6.07, 6.45) is -0.230. The highest BCUT2D eigenvalue weighted by atomic mass is 35.5. The highest BCUT2D eigenvalue weighted by molar-refractivity contribution is 8.13. The lowest BCUT2D eigenvalue weighted by molar-refractivity contribution is -0.139. The molecule has 2 aliphatic heterocycles.